The minimum Gasteiger partial charge on any atom is -0.508 e. The van der Waals surface area contributed by atoms with Crippen LogP contribution in [-0.4, -0.2) is 53.0 Å². The fourth-order valence-electron chi connectivity index (χ4n) is 5.41. The number of rotatable bonds is 7. The summed E-state index contributed by atoms with van der Waals surface area (Å²) in [6.07, 6.45) is 10.6. The van der Waals surface area contributed by atoms with Crippen LogP contribution in [-0.2, 0) is 4.74 Å². The number of hydrogen-bond acceptors (Lipinski definition) is 5. The van der Waals surface area contributed by atoms with Crippen molar-refractivity contribution in [3.8, 4) is 5.75 Å². The number of alkyl halides is 1. The highest BCUT2D eigenvalue weighted by Gasteiger charge is 2.27. The van der Waals surface area contributed by atoms with E-state index in [0.29, 0.717) is 18.3 Å². The number of nitrogens with zero attached hydrogens (tertiary/aromatic N) is 3. The van der Waals surface area contributed by atoms with Crippen molar-refractivity contribution in [2.75, 3.05) is 26.2 Å². The van der Waals surface area contributed by atoms with Gasteiger partial charge in [0, 0.05) is 24.3 Å². The average molecular weight is 480 g/mol. The molecule has 0 aromatic heterocycles. The van der Waals surface area contributed by atoms with E-state index >= 15 is 0 Å². The van der Waals surface area contributed by atoms with Crippen molar-refractivity contribution < 1.29 is 9.84 Å². The molecule has 0 radical (unpaired) electrons. The van der Waals surface area contributed by atoms with Gasteiger partial charge in [-0.1, -0.05) is 17.7 Å². The number of phenols is 1. The predicted octanol–water partition coefficient (Wildman–Crippen LogP) is 6.03. The molecule has 5 rings (SSSR count). The van der Waals surface area contributed by atoms with E-state index in [2.05, 4.69) is 33.3 Å². The lowest BCUT2D eigenvalue weighted by Gasteiger charge is -2.33. The molecule has 2 aliphatic carbocycles. The van der Waals surface area contributed by atoms with E-state index in [1.807, 2.05) is 26.0 Å². The number of halogens is 1. The van der Waals surface area contributed by atoms with E-state index in [1.165, 1.54) is 22.3 Å². The lowest BCUT2D eigenvalue weighted by atomic mass is 9.89. The molecule has 0 amide bonds. The highest BCUT2D eigenvalue weighted by molar-refractivity contribution is 6.21. The van der Waals surface area contributed by atoms with Crippen LogP contribution in [0, 0.1) is 6.92 Å². The van der Waals surface area contributed by atoms with E-state index < -0.39 is 0 Å². The van der Waals surface area contributed by atoms with Crippen molar-refractivity contribution >= 4 is 23.0 Å². The van der Waals surface area contributed by atoms with E-state index in [-0.39, 0.29) is 5.38 Å². The molecule has 0 saturated carbocycles. The molecule has 180 valence electrons. The van der Waals surface area contributed by atoms with Gasteiger partial charge in [0.1, 0.15) is 18.1 Å². The van der Waals surface area contributed by atoms with E-state index in [0.717, 1.165) is 80.9 Å². The summed E-state index contributed by atoms with van der Waals surface area (Å²) in [5.41, 5.74) is 8.34. The molecule has 1 N–H and O–H groups in total. The Morgan fingerprint density at radius 2 is 2.00 bits per heavy atom. The van der Waals surface area contributed by atoms with Crippen LogP contribution in [0.15, 0.2) is 63.0 Å². The molecule has 5 nitrogen and oxygen atoms in total. The summed E-state index contributed by atoms with van der Waals surface area (Å²) >= 11 is 6.72. The first kappa shape index (κ1) is 23.4. The highest BCUT2D eigenvalue weighted by atomic mass is 35.5. The number of likely N-dealkylation sites (tertiary alicyclic amines) is 1. The van der Waals surface area contributed by atoms with Crippen molar-refractivity contribution in [3.05, 3.63) is 64.0 Å². The topological polar surface area (TPSA) is 57.4 Å². The van der Waals surface area contributed by atoms with Gasteiger partial charge in [-0.2, -0.15) is 10.2 Å². The van der Waals surface area contributed by atoms with Gasteiger partial charge in [0.25, 0.3) is 0 Å². The third-order valence-electron chi connectivity index (χ3n) is 7.45. The molecule has 1 aromatic carbocycles. The molecule has 4 aliphatic rings. The standard InChI is InChI=1S/C28H34ClN3O2/c1-18-6-7-21(15-27(18)33)20-8-10-32(11-9-20)16-24(29)17-34-28-5-3-4-22-13-23(14-25(22)28)26-12-19(2)30-31-26/h5-7,14-15,20,24,33H,3-4,8-13,16-17H2,1-2H3/t24-/m0/s1. The molecule has 1 fully saturated rings. The van der Waals surface area contributed by atoms with E-state index in [9.17, 15) is 5.11 Å². The maximum atomic E-state index is 10.0. The zero-order valence-electron chi connectivity index (χ0n) is 20.2. The van der Waals surface area contributed by atoms with E-state index in [4.69, 9.17) is 16.3 Å². The maximum absolute atomic E-state index is 10.0. The Morgan fingerprint density at radius 3 is 2.74 bits per heavy atom. The van der Waals surface area contributed by atoms with Crippen LogP contribution < -0.4 is 0 Å². The van der Waals surface area contributed by atoms with Crippen molar-refractivity contribution in [1.82, 2.24) is 4.90 Å². The Balaban J connectivity index is 1.10. The summed E-state index contributed by atoms with van der Waals surface area (Å²) < 4.78 is 6.25. The first-order valence-electron chi connectivity index (χ1n) is 12.5. The minimum atomic E-state index is -0.0491. The number of ether oxygens (including phenoxy) is 1. The normalized spacial score (nSPS) is 22.2. The Bertz CT molecular complexity index is 1110. The zero-order chi connectivity index (χ0) is 23.7. The number of piperidine rings is 1. The molecular weight excluding hydrogens is 446 g/mol. The van der Waals surface area contributed by atoms with Crippen LogP contribution in [0.5, 0.6) is 5.75 Å². The highest BCUT2D eigenvalue weighted by Crippen LogP contribution is 2.38. The van der Waals surface area contributed by atoms with Crippen molar-refractivity contribution in [3.63, 3.8) is 0 Å². The van der Waals surface area contributed by atoms with Crippen molar-refractivity contribution in [1.29, 1.82) is 0 Å². The number of allylic oxidation sites excluding steroid dienone is 4. The van der Waals surface area contributed by atoms with Crippen molar-refractivity contribution in [2.24, 2.45) is 10.2 Å². The SMILES string of the molecule is CC1=NN=C(C2=CC3=C(CCC=C3OC[C@@H](Cl)CN3CCC(c4ccc(C)c(O)c4)CC3)C2)C1. The lowest BCUT2D eigenvalue weighted by molar-refractivity contribution is 0.170. The summed E-state index contributed by atoms with van der Waals surface area (Å²) in [7, 11) is 0. The van der Waals surface area contributed by atoms with Gasteiger partial charge in [-0.25, -0.2) is 0 Å². The van der Waals surface area contributed by atoms with Crippen LogP contribution in [0.3, 0.4) is 0 Å². The lowest BCUT2D eigenvalue weighted by Crippen LogP contribution is -2.38. The summed E-state index contributed by atoms with van der Waals surface area (Å²) in [5.74, 6) is 1.89. The van der Waals surface area contributed by atoms with Gasteiger partial charge in [0.15, 0.2) is 0 Å². The fraction of sp³-hybridized carbons (Fsp3) is 0.500. The second-order valence-electron chi connectivity index (χ2n) is 10.1. The van der Waals surface area contributed by atoms with Crippen LogP contribution in [0.2, 0.25) is 0 Å². The predicted molar refractivity (Wildman–Crippen MR) is 139 cm³/mol. The number of benzene rings is 1. The van der Waals surface area contributed by atoms with E-state index in [1.54, 1.807) is 0 Å². The molecule has 1 aromatic rings. The fourth-order valence-corrected chi connectivity index (χ4v) is 5.67. The van der Waals surface area contributed by atoms with Gasteiger partial charge in [-0.05, 0) is 99.9 Å². The molecule has 0 bridgehead atoms. The third-order valence-corrected chi connectivity index (χ3v) is 7.71. The quantitative estimate of drug-likeness (QED) is 0.486. The summed E-state index contributed by atoms with van der Waals surface area (Å²) in [6, 6.07) is 6.11. The van der Waals surface area contributed by atoms with Crippen LogP contribution in [0.25, 0.3) is 0 Å². The largest absolute Gasteiger partial charge is 0.508 e. The summed E-state index contributed by atoms with van der Waals surface area (Å²) in [4.78, 5) is 2.44. The third kappa shape index (κ3) is 5.16. The molecule has 2 aliphatic heterocycles. The van der Waals surface area contributed by atoms with Gasteiger partial charge in [-0.3, -0.25) is 0 Å². The van der Waals surface area contributed by atoms with Crippen LogP contribution in [0.4, 0.5) is 0 Å². The monoisotopic (exact) mass is 479 g/mol. The average Bonchev–Trinajstić information content (AvgIpc) is 3.46. The van der Waals surface area contributed by atoms with Gasteiger partial charge >= 0.3 is 0 Å². The first-order chi connectivity index (χ1) is 16.5. The molecule has 0 spiro atoms. The maximum Gasteiger partial charge on any atom is 0.122 e. The van der Waals surface area contributed by atoms with Crippen LogP contribution in [0.1, 0.15) is 62.5 Å². The van der Waals surface area contributed by atoms with Gasteiger partial charge in [0.05, 0.1) is 11.1 Å². The second-order valence-corrected chi connectivity index (χ2v) is 10.7. The number of hydrogen-bond donors (Lipinski definition) is 1. The van der Waals surface area contributed by atoms with Gasteiger partial charge in [0.2, 0.25) is 0 Å². The van der Waals surface area contributed by atoms with Crippen LogP contribution >= 0.6 is 11.6 Å². The molecule has 1 saturated heterocycles. The Hall–Kier alpha value is -2.37. The Morgan fingerprint density at radius 1 is 1.18 bits per heavy atom. The molecule has 1 atom stereocenters. The second kappa shape index (κ2) is 10.1. The smallest absolute Gasteiger partial charge is 0.122 e. The first-order valence-corrected chi connectivity index (χ1v) is 12.9. The number of aromatic hydroxyl groups is 1. The zero-order valence-corrected chi connectivity index (χ0v) is 20.9. The van der Waals surface area contributed by atoms with Crippen molar-refractivity contribution in [2.45, 2.75) is 63.7 Å². The Kier molecular flexibility index (Phi) is 6.94. The minimum absolute atomic E-state index is 0.0491. The van der Waals surface area contributed by atoms with Gasteiger partial charge in [-0.15, -0.1) is 11.6 Å². The molecule has 0 unspecified atom stereocenters. The molecular formula is C28H34ClN3O2. The molecule has 2 heterocycles. The molecule has 34 heavy (non-hydrogen) atoms. The van der Waals surface area contributed by atoms with Gasteiger partial charge < -0.3 is 14.7 Å². The number of phenolic OH excluding ortho intramolecular Hbond substituents is 1. The summed E-state index contributed by atoms with van der Waals surface area (Å²) in [6.45, 7) is 7.37. The molecule has 6 heteroatoms. The Labute approximate surface area is 207 Å². The number of aryl methyl sites for hydroxylation is 1. The summed E-state index contributed by atoms with van der Waals surface area (Å²) in [5, 5.41) is 18.6.